The zero-order valence-corrected chi connectivity index (χ0v) is 12.8. The van der Waals surface area contributed by atoms with Crippen molar-refractivity contribution in [3.63, 3.8) is 0 Å². The fraction of sp³-hybridized carbons (Fsp3) is 0.600. The first-order valence-electron chi connectivity index (χ1n) is 6.88. The lowest BCUT2D eigenvalue weighted by Gasteiger charge is -2.16. The molecular formula is C15H23NS2. The molecule has 0 saturated carbocycles. The van der Waals surface area contributed by atoms with Crippen molar-refractivity contribution in [2.24, 2.45) is 0 Å². The van der Waals surface area contributed by atoms with Gasteiger partial charge in [-0.1, -0.05) is 13.0 Å². The van der Waals surface area contributed by atoms with Gasteiger partial charge in [0.25, 0.3) is 0 Å². The Morgan fingerprint density at radius 3 is 3.17 bits per heavy atom. The fourth-order valence-corrected chi connectivity index (χ4v) is 4.78. The molecule has 0 fully saturated rings. The highest BCUT2D eigenvalue weighted by Gasteiger charge is 2.18. The summed E-state index contributed by atoms with van der Waals surface area (Å²) in [6, 6.07) is 2.98. The molecule has 0 amide bonds. The second-order valence-corrected chi connectivity index (χ2v) is 7.05. The Bertz CT molecular complexity index is 360. The zero-order valence-electron chi connectivity index (χ0n) is 11.2. The van der Waals surface area contributed by atoms with Crippen molar-refractivity contribution in [1.29, 1.82) is 0 Å². The maximum atomic E-state index is 3.84. The van der Waals surface area contributed by atoms with Crippen LogP contribution in [0.2, 0.25) is 0 Å². The third-order valence-electron chi connectivity index (χ3n) is 3.29. The first-order valence-corrected chi connectivity index (χ1v) is 8.85. The molecular weight excluding hydrogens is 258 g/mol. The normalized spacial score (nSPS) is 16.3. The number of thiophene rings is 1. The second-order valence-electron chi connectivity index (χ2n) is 4.77. The summed E-state index contributed by atoms with van der Waals surface area (Å²) in [5, 5.41) is 3.69. The molecule has 2 heterocycles. The second kappa shape index (κ2) is 7.37. The van der Waals surface area contributed by atoms with E-state index in [9.17, 15) is 0 Å². The molecule has 1 atom stereocenters. The number of hydrogen-bond donors (Lipinski definition) is 1. The van der Waals surface area contributed by atoms with Crippen molar-refractivity contribution in [3.05, 3.63) is 34.0 Å². The molecule has 18 heavy (non-hydrogen) atoms. The number of rotatable bonds is 7. The van der Waals surface area contributed by atoms with Crippen LogP contribution in [0.1, 0.15) is 47.5 Å². The van der Waals surface area contributed by atoms with Crippen molar-refractivity contribution < 1.29 is 0 Å². The van der Waals surface area contributed by atoms with Gasteiger partial charge in [0.05, 0.1) is 0 Å². The zero-order chi connectivity index (χ0) is 12.8. The van der Waals surface area contributed by atoms with Crippen LogP contribution in [0.15, 0.2) is 18.7 Å². The molecule has 3 heteroatoms. The van der Waals surface area contributed by atoms with Gasteiger partial charge >= 0.3 is 0 Å². The van der Waals surface area contributed by atoms with Gasteiger partial charge in [0.15, 0.2) is 0 Å². The highest BCUT2D eigenvalue weighted by atomic mass is 32.2. The molecule has 100 valence electrons. The topological polar surface area (TPSA) is 12.0 Å². The molecule has 1 aromatic heterocycles. The van der Waals surface area contributed by atoms with E-state index in [0.717, 1.165) is 13.0 Å². The maximum absolute atomic E-state index is 3.84. The van der Waals surface area contributed by atoms with E-state index in [1.165, 1.54) is 35.6 Å². The SMILES string of the molecule is C=CCCC(NCCC)c1cc2c(s1)CCSC2. The molecule has 0 radical (unpaired) electrons. The van der Waals surface area contributed by atoms with E-state index in [2.05, 4.69) is 36.6 Å². The Kier molecular flexibility index (Phi) is 5.80. The summed E-state index contributed by atoms with van der Waals surface area (Å²) >= 11 is 4.10. The Morgan fingerprint density at radius 1 is 1.56 bits per heavy atom. The van der Waals surface area contributed by atoms with Gasteiger partial charge in [0, 0.05) is 21.5 Å². The molecule has 1 unspecified atom stereocenters. The molecule has 1 aliphatic rings. The van der Waals surface area contributed by atoms with Crippen molar-refractivity contribution in [2.45, 2.75) is 44.4 Å². The van der Waals surface area contributed by atoms with Crippen molar-refractivity contribution >= 4 is 23.1 Å². The number of thioether (sulfide) groups is 1. The summed E-state index contributed by atoms with van der Waals surface area (Å²) in [7, 11) is 0. The lowest BCUT2D eigenvalue weighted by atomic mass is 10.1. The molecule has 1 nitrogen and oxygen atoms in total. The average molecular weight is 281 g/mol. The summed E-state index contributed by atoms with van der Waals surface area (Å²) < 4.78 is 0. The number of aryl methyl sites for hydroxylation is 1. The Labute approximate surface area is 119 Å². The molecule has 0 spiro atoms. The van der Waals surface area contributed by atoms with Crippen LogP contribution in [0.4, 0.5) is 0 Å². The van der Waals surface area contributed by atoms with E-state index in [1.807, 2.05) is 17.4 Å². The van der Waals surface area contributed by atoms with Crippen LogP contribution in [0.25, 0.3) is 0 Å². The van der Waals surface area contributed by atoms with Crippen LogP contribution < -0.4 is 5.32 Å². The maximum Gasteiger partial charge on any atom is 0.0417 e. The van der Waals surface area contributed by atoms with Gasteiger partial charge in [-0.25, -0.2) is 0 Å². The quantitative estimate of drug-likeness (QED) is 0.736. The number of fused-ring (bicyclic) bond motifs is 1. The smallest absolute Gasteiger partial charge is 0.0417 e. The van der Waals surface area contributed by atoms with Crippen LogP contribution in [0.5, 0.6) is 0 Å². The van der Waals surface area contributed by atoms with E-state index < -0.39 is 0 Å². The minimum atomic E-state index is 0.531. The molecule has 0 aromatic carbocycles. The number of hydrogen-bond acceptors (Lipinski definition) is 3. The fourth-order valence-electron chi connectivity index (χ4n) is 2.29. The van der Waals surface area contributed by atoms with Gasteiger partial charge in [-0.05, 0) is 49.6 Å². The van der Waals surface area contributed by atoms with E-state index in [1.54, 1.807) is 10.4 Å². The molecule has 0 bridgehead atoms. The number of allylic oxidation sites excluding steroid dienone is 1. The average Bonchev–Trinajstić information content (AvgIpc) is 2.82. The molecule has 0 aliphatic carbocycles. The van der Waals surface area contributed by atoms with Gasteiger partial charge in [0.1, 0.15) is 0 Å². The minimum Gasteiger partial charge on any atom is -0.309 e. The van der Waals surface area contributed by atoms with Crippen molar-refractivity contribution in [1.82, 2.24) is 5.32 Å². The standard InChI is InChI=1S/C15H23NS2/c1-3-5-6-13(16-8-4-2)15-10-12-11-17-9-7-14(12)18-15/h3,10,13,16H,1,4-9,11H2,2H3. The van der Waals surface area contributed by atoms with E-state index in [0.29, 0.717) is 6.04 Å². The predicted molar refractivity (Wildman–Crippen MR) is 84.7 cm³/mol. The molecule has 2 rings (SSSR count). The largest absolute Gasteiger partial charge is 0.309 e. The Balaban J connectivity index is 2.07. The van der Waals surface area contributed by atoms with E-state index in [4.69, 9.17) is 0 Å². The monoisotopic (exact) mass is 281 g/mol. The molecule has 1 N–H and O–H groups in total. The van der Waals surface area contributed by atoms with Crippen LogP contribution >= 0.6 is 23.1 Å². The first-order chi connectivity index (χ1) is 8.85. The van der Waals surface area contributed by atoms with Gasteiger partial charge in [-0.2, -0.15) is 11.8 Å². The van der Waals surface area contributed by atoms with Gasteiger partial charge in [-0.15, -0.1) is 17.9 Å². The van der Waals surface area contributed by atoms with Gasteiger partial charge in [0.2, 0.25) is 0 Å². The predicted octanol–water partition coefficient (Wildman–Crippen LogP) is 4.54. The summed E-state index contributed by atoms with van der Waals surface area (Å²) in [6.45, 7) is 7.18. The van der Waals surface area contributed by atoms with Crippen LogP contribution in [0.3, 0.4) is 0 Å². The van der Waals surface area contributed by atoms with E-state index in [-0.39, 0.29) is 0 Å². The number of nitrogens with one attached hydrogen (secondary N) is 1. The summed E-state index contributed by atoms with van der Waals surface area (Å²) in [5.41, 5.74) is 1.59. The van der Waals surface area contributed by atoms with Crippen LogP contribution in [-0.2, 0) is 12.2 Å². The minimum absolute atomic E-state index is 0.531. The van der Waals surface area contributed by atoms with Crippen molar-refractivity contribution in [3.8, 4) is 0 Å². The van der Waals surface area contributed by atoms with Crippen molar-refractivity contribution in [2.75, 3.05) is 12.3 Å². The Hall–Kier alpha value is -0.250. The molecule has 1 aromatic rings. The highest BCUT2D eigenvalue weighted by Crippen LogP contribution is 2.35. The van der Waals surface area contributed by atoms with Gasteiger partial charge < -0.3 is 5.32 Å². The van der Waals surface area contributed by atoms with Crippen LogP contribution in [-0.4, -0.2) is 12.3 Å². The lowest BCUT2D eigenvalue weighted by molar-refractivity contribution is 0.510. The Morgan fingerprint density at radius 2 is 2.44 bits per heavy atom. The van der Waals surface area contributed by atoms with Gasteiger partial charge in [-0.3, -0.25) is 0 Å². The lowest BCUT2D eigenvalue weighted by Crippen LogP contribution is -2.21. The third-order valence-corrected chi connectivity index (χ3v) is 5.65. The first kappa shape index (κ1) is 14.2. The summed E-state index contributed by atoms with van der Waals surface area (Å²) in [6.07, 6.45) is 6.77. The molecule has 0 saturated heterocycles. The summed E-state index contributed by atoms with van der Waals surface area (Å²) in [5.74, 6) is 2.51. The third kappa shape index (κ3) is 3.62. The molecule has 1 aliphatic heterocycles. The highest BCUT2D eigenvalue weighted by molar-refractivity contribution is 7.98. The summed E-state index contributed by atoms with van der Waals surface area (Å²) in [4.78, 5) is 3.17. The van der Waals surface area contributed by atoms with E-state index >= 15 is 0 Å². The van der Waals surface area contributed by atoms with Crippen LogP contribution in [0, 0.1) is 0 Å².